The predicted molar refractivity (Wildman–Crippen MR) is 91.2 cm³/mol. The average molecular weight is 316 g/mol. The number of carbonyl (C=O) groups excluding carboxylic acids is 1. The van der Waals surface area contributed by atoms with Crippen molar-refractivity contribution in [2.75, 3.05) is 19.6 Å². The Hall–Kier alpha value is -1.55. The summed E-state index contributed by atoms with van der Waals surface area (Å²) in [7, 11) is 0. The van der Waals surface area contributed by atoms with E-state index in [9.17, 15) is 4.79 Å². The van der Waals surface area contributed by atoms with Gasteiger partial charge in [0.1, 0.15) is 5.60 Å². The van der Waals surface area contributed by atoms with E-state index in [-0.39, 0.29) is 6.09 Å². The fourth-order valence-corrected chi connectivity index (χ4v) is 3.79. The molecule has 0 aromatic heterocycles. The predicted octanol–water partition coefficient (Wildman–Crippen LogP) is 3.52. The van der Waals surface area contributed by atoms with E-state index in [1.165, 1.54) is 12.0 Å². The molecule has 1 aromatic carbocycles. The number of carbonyl (C=O) groups is 1. The van der Waals surface area contributed by atoms with Gasteiger partial charge in [-0.1, -0.05) is 30.3 Å². The number of fused-ring (bicyclic) bond motifs is 1. The minimum atomic E-state index is -0.424. The molecule has 2 saturated heterocycles. The second-order valence-corrected chi connectivity index (χ2v) is 7.82. The SMILES string of the molecule is CC(C)(C)OC(=O)N1CCCC2CN(Cc3ccccc3)CC21. The Labute approximate surface area is 139 Å². The van der Waals surface area contributed by atoms with Crippen LogP contribution in [0, 0.1) is 5.92 Å². The molecule has 2 atom stereocenters. The maximum atomic E-state index is 12.5. The van der Waals surface area contributed by atoms with Gasteiger partial charge in [0.2, 0.25) is 0 Å². The zero-order valence-electron chi connectivity index (χ0n) is 14.5. The summed E-state index contributed by atoms with van der Waals surface area (Å²) < 4.78 is 5.61. The summed E-state index contributed by atoms with van der Waals surface area (Å²) >= 11 is 0. The Morgan fingerprint density at radius 3 is 2.65 bits per heavy atom. The van der Waals surface area contributed by atoms with Gasteiger partial charge in [0, 0.05) is 26.2 Å². The molecule has 126 valence electrons. The van der Waals surface area contributed by atoms with E-state index in [2.05, 4.69) is 35.2 Å². The molecule has 23 heavy (non-hydrogen) atoms. The van der Waals surface area contributed by atoms with Crippen LogP contribution < -0.4 is 0 Å². The van der Waals surface area contributed by atoms with Crippen LogP contribution >= 0.6 is 0 Å². The molecule has 0 saturated carbocycles. The molecule has 2 aliphatic rings. The summed E-state index contributed by atoms with van der Waals surface area (Å²) in [6, 6.07) is 10.9. The van der Waals surface area contributed by atoms with Crippen LogP contribution in [-0.2, 0) is 11.3 Å². The molecule has 0 spiro atoms. The molecular weight excluding hydrogens is 288 g/mol. The largest absolute Gasteiger partial charge is 0.444 e. The lowest BCUT2D eigenvalue weighted by Crippen LogP contribution is -2.50. The van der Waals surface area contributed by atoms with Crippen LogP contribution in [0.1, 0.15) is 39.2 Å². The fraction of sp³-hybridized carbons (Fsp3) is 0.632. The van der Waals surface area contributed by atoms with Gasteiger partial charge in [0.15, 0.2) is 0 Å². The maximum absolute atomic E-state index is 12.5. The Morgan fingerprint density at radius 1 is 1.22 bits per heavy atom. The molecule has 2 fully saturated rings. The van der Waals surface area contributed by atoms with Crippen molar-refractivity contribution in [2.45, 2.75) is 51.8 Å². The molecule has 4 heteroatoms. The van der Waals surface area contributed by atoms with E-state index in [1.54, 1.807) is 0 Å². The van der Waals surface area contributed by atoms with Crippen molar-refractivity contribution in [3.63, 3.8) is 0 Å². The first-order valence-corrected chi connectivity index (χ1v) is 8.68. The van der Waals surface area contributed by atoms with E-state index >= 15 is 0 Å². The van der Waals surface area contributed by atoms with Crippen LogP contribution in [0.3, 0.4) is 0 Å². The molecule has 1 amide bonds. The molecule has 1 aromatic rings. The van der Waals surface area contributed by atoms with Crippen molar-refractivity contribution in [3.05, 3.63) is 35.9 Å². The Kier molecular flexibility index (Phi) is 4.62. The zero-order valence-corrected chi connectivity index (χ0v) is 14.5. The third-order valence-corrected chi connectivity index (χ3v) is 4.73. The lowest BCUT2D eigenvalue weighted by Gasteiger charge is -2.37. The summed E-state index contributed by atoms with van der Waals surface area (Å²) in [5, 5.41) is 0. The molecule has 0 aliphatic carbocycles. The van der Waals surface area contributed by atoms with Crippen molar-refractivity contribution >= 4 is 6.09 Å². The van der Waals surface area contributed by atoms with Gasteiger partial charge in [-0.3, -0.25) is 4.90 Å². The molecule has 0 radical (unpaired) electrons. The first-order valence-electron chi connectivity index (χ1n) is 8.68. The van der Waals surface area contributed by atoms with Gasteiger partial charge in [-0.05, 0) is 45.1 Å². The van der Waals surface area contributed by atoms with Gasteiger partial charge < -0.3 is 9.64 Å². The number of likely N-dealkylation sites (tertiary alicyclic amines) is 2. The number of rotatable bonds is 2. The van der Waals surface area contributed by atoms with Crippen LogP contribution in [0.25, 0.3) is 0 Å². The van der Waals surface area contributed by atoms with Crippen molar-refractivity contribution in [3.8, 4) is 0 Å². The first kappa shape index (κ1) is 16.3. The zero-order chi connectivity index (χ0) is 16.4. The molecular formula is C19H28N2O2. The van der Waals surface area contributed by atoms with Crippen molar-refractivity contribution < 1.29 is 9.53 Å². The molecule has 2 heterocycles. The summed E-state index contributed by atoms with van der Waals surface area (Å²) in [5.41, 5.74) is 0.918. The van der Waals surface area contributed by atoms with E-state index in [0.29, 0.717) is 12.0 Å². The van der Waals surface area contributed by atoms with Gasteiger partial charge in [-0.2, -0.15) is 0 Å². The van der Waals surface area contributed by atoms with Crippen molar-refractivity contribution in [1.82, 2.24) is 9.80 Å². The Bertz CT molecular complexity index is 538. The minimum Gasteiger partial charge on any atom is -0.444 e. The molecule has 2 aliphatic heterocycles. The molecule has 2 unspecified atom stereocenters. The van der Waals surface area contributed by atoms with Gasteiger partial charge >= 0.3 is 6.09 Å². The topological polar surface area (TPSA) is 32.8 Å². The van der Waals surface area contributed by atoms with Crippen LogP contribution in [-0.4, -0.2) is 47.2 Å². The van der Waals surface area contributed by atoms with Gasteiger partial charge in [-0.15, -0.1) is 0 Å². The summed E-state index contributed by atoms with van der Waals surface area (Å²) in [6.07, 6.45) is 2.16. The Balaban J connectivity index is 1.64. The number of piperidine rings is 1. The standard InChI is InChI=1S/C19H28N2O2/c1-19(2,3)23-18(22)21-11-7-10-16-13-20(14-17(16)21)12-15-8-5-4-6-9-15/h4-6,8-9,16-17H,7,10-14H2,1-3H3. The molecule has 4 nitrogen and oxygen atoms in total. The van der Waals surface area contributed by atoms with E-state index in [0.717, 1.165) is 32.6 Å². The summed E-state index contributed by atoms with van der Waals surface area (Å²) in [4.78, 5) is 17.0. The number of hydrogen-bond acceptors (Lipinski definition) is 3. The number of amides is 1. The normalized spacial score (nSPS) is 25.3. The lowest BCUT2D eigenvalue weighted by molar-refractivity contribution is 0.00621. The average Bonchev–Trinajstić information content (AvgIpc) is 2.88. The highest BCUT2D eigenvalue weighted by atomic mass is 16.6. The number of benzene rings is 1. The molecule has 0 bridgehead atoms. The highest BCUT2D eigenvalue weighted by Gasteiger charge is 2.42. The van der Waals surface area contributed by atoms with Crippen LogP contribution in [0.4, 0.5) is 4.79 Å². The Morgan fingerprint density at radius 2 is 1.96 bits per heavy atom. The number of ether oxygens (including phenoxy) is 1. The van der Waals surface area contributed by atoms with Crippen LogP contribution in [0.15, 0.2) is 30.3 Å². The fourth-order valence-electron chi connectivity index (χ4n) is 3.79. The van der Waals surface area contributed by atoms with Crippen LogP contribution in [0.2, 0.25) is 0 Å². The minimum absolute atomic E-state index is 0.145. The highest BCUT2D eigenvalue weighted by Crippen LogP contribution is 2.32. The first-order chi connectivity index (χ1) is 10.9. The summed E-state index contributed by atoms with van der Waals surface area (Å²) in [6.45, 7) is 9.64. The van der Waals surface area contributed by atoms with E-state index < -0.39 is 5.60 Å². The quantitative estimate of drug-likeness (QED) is 0.837. The smallest absolute Gasteiger partial charge is 0.410 e. The van der Waals surface area contributed by atoms with Gasteiger partial charge in [-0.25, -0.2) is 4.79 Å². The summed E-state index contributed by atoms with van der Waals surface area (Å²) in [5.74, 6) is 0.583. The third kappa shape index (κ3) is 4.05. The number of nitrogens with zero attached hydrogens (tertiary/aromatic N) is 2. The third-order valence-electron chi connectivity index (χ3n) is 4.73. The van der Waals surface area contributed by atoms with Crippen LogP contribution in [0.5, 0.6) is 0 Å². The van der Waals surface area contributed by atoms with Gasteiger partial charge in [0.25, 0.3) is 0 Å². The highest BCUT2D eigenvalue weighted by molar-refractivity contribution is 5.69. The monoisotopic (exact) mass is 316 g/mol. The van der Waals surface area contributed by atoms with Gasteiger partial charge in [0.05, 0.1) is 6.04 Å². The van der Waals surface area contributed by atoms with E-state index in [4.69, 9.17) is 4.74 Å². The molecule has 0 N–H and O–H groups in total. The second kappa shape index (κ2) is 6.52. The maximum Gasteiger partial charge on any atom is 0.410 e. The van der Waals surface area contributed by atoms with Crippen molar-refractivity contribution in [2.24, 2.45) is 5.92 Å². The van der Waals surface area contributed by atoms with E-state index in [1.807, 2.05) is 25.7 Å². The number of hydrogen-bond donors (Lipinski definition) is 0. The van der Waals surface area contributed by atoms with Crippen molar-refractivity contribution in [1.29, 1.82) is 0 Å². The lowest BCUT2D eigenvalue weighted by atomic mass is 9.92. The molecule has 3 rings (SSSR count). The second-order valence-electron chi connectivity index (χ2n) is 7.82.